The van der Waals surface area contributed by atoms with Crippen molar-refractivity contribution in [3.8, 4) is 28.4 Å². The highest BCUT2D eigenvalue weighted by molar-refractivity contribution is 6.35. The maximum absolute atomic E-state index is 13.5. The van der Waals surface area contributed by atoms with E-state index in [9.17, 15) is 4.39 Å². The lowest BCUT2D eigenvalue weighted by molar-refractivity contribution is 0.149. The summed E-state index contributed by atoms with van der Waals surface area (Å²) in [7, 11) is 0. The van der Waals surface area contributed by atoms with Gasteiger partial charge in [0.25, 0.3) is 0 Å². The van der Waals surface area contributed by atoms with Gasteiger partial charge >= 0.3 is 0 Å². The number of hydrogen-bond acceptors (Lipinski definition) is 5. The summed E-state index contributed by atoms with van der Waals surface area (Å²) in [4.78, 5) is 8.75. The minimum atomic E-state index is -0.396. The lowest BCUT2D eigenvalue weighted by atomic mass is 10.0. The molecule has 1 aliphatic carbocycles. The molecule has 1 N–H and O–H groups in total. The molecule has 2 aliphatic rings. The van der Waals surface area contributed by atoms with E-state index in [4.69, 9.17) is 21.4 Å². The summed E-state index contributed by atoms with van der Waals surface area (Å²) in [5, 5.41) is 12.8. The molecule has 1 saturated carbocycles. The van der Waals surface area contributed by atoms with Gasteiger partial charge in [-0.2, -0.15) is 10.2 Å². The number of rotatable bonds is 2. The first kappa shape index (κ1) is 16.9. The van der Waals surface area contributed by atoms with Crippen LogP contribution in [0.4, 0.5) is 4.39 Å². The van der Waals surface area contributed by atoms with E-state index in [2.05, 4.69) is 20.2 Å². The van der Waals surface area contributed by atoms with Crippen molar-refractivity contribution in [2.24, 2.45) is 5.41 Å². The quantitative estimate of drug-likeness (QED) is 0.536. The molecule has 9 heteroatoms. The molecule has 0 atom stereocenters. The smallest absolute Gasteiger partial charge is 0.220 e. The number of hydrogen-bond donors (Lipinski definition) is 1. The van der Waals surface area contributed by atoms with Gasteiger partial charge in [-0.25, -0.2) is 14.1 Å². The Morgan fingerprint density at radius 1 is 1.31 bits per heavy atom. The highest BCUT2D eigenvalue weighted by Crippen LogP contribution is 2.53. The molecule has 0 radical (unpaired) electrons. The molecule has 0 aromatic carbocycles. The fourth-order valence-corrected chi connectivity index (χ4v) is 4.25. The molecular formula is C20H16ClFN6O. The first-order chi connectivity index (χ1) is 14.0. The predicted octanol–water partition coefficient (Wildman–Crippen LogP) is 4.16. The Morgan fingerprint density at radius 3 is 2.93 bits per heavy atom. The Bertz CT molecular complexity index is 1270. The number of pyridine rings is 2. The first-order valence-corrected chi connectivity index (χ1v) is 9.78. The van der Waals surface area contributed by atoms with Crippen molar-refractivity contribution in [2.75, 3.05) is 6.61 Å². The zero-order valence-corrected chi connectivity index (χ0v) is 16.3. The van der Waals surface area contributed by atoms with Crippen LogP contribution < -0.4 is 4.74 Å². The van der Waals surface area contributed by atoms with Crippen molar-refractivity contribution < 1.29 is 9.13 Å². The van der Waals surface area contributed by atoms with Crippen LogP contribution in [0.1, 0.15) is 18.5 Å². The number of H-pyrrole nitrogens is 1. The minimum Gasteiger partial charge on any atom is -0.477 e. The molecule has 4 aromatic rings. The number of ether oxygens (including phenoxy) is 1. The number of aromatic amines is 1. The Morgan fingerprint density at radius 2 is 2.17 bits per heavy atom. The highest BCUT2D eigenvalue weighted by Gasteiger charge is 2.48. The topological polar surface area (TPSA) is 81.5 Å². The van der Waals surface area contributed by atoms with Crippen molar-refractivity contribution in [3.05, 3.63) is 41.1 Å². The fraction of sp³-hybridized carbons (Fsp3) is 0.300. The minimum absolute atomic E-state index is 0.181. The van der Waals surface area contributed by atoms with Gasteiger partial charge in [-0.15, -0.1) is 0 Å². The summed E-state index contributed by atoms with van der Waals surface area (Å²) in [6.07, 6.45) is 3.47. The van der Waals surface area contributed by atoms with Gasteiger partial charge in [0, 0.05) is 16.7 Å². The summed E-state index contributed by atoms with van der Waals surface area (Å²) in [5.41, 5.74) is 4.37. The molecule has 5 heterocycles. The Balaban J connectivity index is 1.66. The Labute approximate surface area is 169 Å². The Kier molecular flexibility index (Phi) is 3.36. The van der Waals surface area contributed by atoms with Gasteiger partial charge in [0.1, 0.15) is 11.5 Å². The highest BCUT2D eigenvalue weighted by atomic mass is 35.5. The van der Waals surface area contributed by atoms with Gasteiger partial charge in [0.15, 0.2) is 10.8 Å². The van der Waals surface area contributed by atoms with Crippen LogP contribution in [-0.4, -0.2) is 36.6 Å². The second-order valence-electron chi connectivity index (χ2n) is 7.89. The first-order valence-electron chi connectivity index (χ1n) is 9.40. The zero-order chi connectivity index (χ0) is 19.8. The van der Waals surface area contributed by atoms with Gasteiger partial charge in [-0.3, -0.25) is 10.1 Å². The van der Waals surface area contributed by atoms with Gasteiger partial charge in [0.05, 0.1) is 36.0 Å². The predicted molar refractivity (Wildman–Crippen MR) is 105 cm³/mol. The lowest BCUT2D eigenvalue weighted by Gasteiger charge is -2.24. The van der Waals surface area contributed by atoms with E-state index in [-0.39, 0.29) is 5.41 Å². The molecule has 1 spiro atoms. The molecular weight excluding hydrogens is 395 g/mol. The monoisotopic (exact) mass is 410 g/mol. The molecule has 6 rings (SSSR count). The second kappa shape index (κ2) is 5.76. The van der Waals surface area contributed by atoms with Gasteiger partial charge < -0.3 is 4.74 Å². The summed E-state index contributed by atoms with van der Waals surface area (Å²) < 4.78 is 21.6. The third-order valence-electron chi connectivity index (χ3n) is 5.72. The van der Waals surface area contributed by atoms with Gasteiger partial charge in [-0.1, -0.05) is 11.6 Å². The molecule has 0 bridgehead atoms. The molecule has 0 unspecified atom stereocenters. The van der Waals surface area contributed by atoms with Crippen LogP contribution in [0.3, 0.4) is 0 Å². The maximum Gasteiger partial charge on any atom is 0.220 e. The molecule has 7 nitrogen and oxygen atoms in total. The van der Waals surface area contributed by atoms with Crippen LogP contribution in [0.15, 0.2) is 24.4 Å². The van der Waals surface area contributed by atoms with Crippen LogP contribution in [0.2, 0.25) is 5.15 Å². The normalized spacial score (nSPS) is 16.8. The number of aryl methyl sites for hydroxylation is 1. The number of aromatic nitrogens is 6. The molecule has 1 fully saturated rings. The van der Waals surface area contributed by atoms with E-state index in [0.717, 1.165) is 36.2 Å². The standard InChI is InChI=1S/C20H16ClFN6O/c1-10-6-12(15-17(21)25-26-18(15)24-10)14-16(13-3-2-11(22)7-23-13)27-28-8-20(4-5-20)9-29-19(14)28/h2-3,6-7H,4-5,8-9H2,1H3,(H,24,25,26). The average molecular weight is 411 g/mol. The van der Waals surface area contributed by atoms with E-state index in [1.54, 1.807) is 6.07 Å². The molecule has 146 valence electrons. The van der Waals surface area contributed by atoms with E-state index in [0.29, 0.717) is 40.1 Å². The summed E-state index contributed by atoms with van der Waals surface area (Å²) in [5.74, 6) is 0.278. The van der Waals surface area contributed by atoms with E-state index >= 15 is 0 Å². The SMILES string of the molecule is Cc1cc(-c2c(-c3ccc(F)cn3)nn3c2OCC2(CC2)C3)c2c(Cl)n[nH]c2n1. The summed E-state index contributed by atoms with van der Waals surface area (Å²) >= 11 is 6.39. The summed E-state index contributed by atoms with van der Waals surface area (Å²) in [6, 6.07) is 4.95. The van der Waals surface area contributed by atoms with Gasteiger partial charge in [-0.05, 0) is 38.0 Å². The van der Waals surface area contributed by atoms with E-state index in [1.165, 1.54) is 12.3 Å². The number of nitrogens with zero attached hydrogens (tertiary/aromatic N) is 5. The van der Waals surface area contributed by atoms with Crippen LogP contribution in [-0.2, 0) is 6.54 Å². The second-order valence-corrected chi connectivity index (χ2v) is 8.24. The van der Waals surface area contributed by atoms with Crippen molar-refractivity contribution in [1.82, 2.24) is 29.9 Å². The van der Waals surface area contributed by atoms with Crippen LogP contribution in [0, 0.1) is 18.2 Å². The molecule has 29 heavy (non-hydrogen) atoms. The largest absolute Gasteiger partial charge is 0.477 e. The average Bonchev–Trinajstić information content (AvgIpc) is 3.18. The number of nitrogens with one attached hydrogen (secondary N) is 1. The van der Waals surface area contributed by atoms with Crippen molar-refractivity contribution in [1.29, 1.82) is 0 Å². The third kappa shape index (κ3) is 2.55. The molecule has 4 aromatic heterocycles. The third-order valence-corrected chi connectivity index (χ3v) is 5.99. The molecule has 1 aliphatic heterocycles. The molecule has 0 saturated heterocycles. The van der Waals surface area contributed by atoms with Crippen molar-refractivity contribution in [3.63, 3.8) is 0 Å². The Hall–Kier alpha value is -3.00. The van der Waals surface area contributed by atoms with Crippen molar-refractivity contribution in [2.45, 2.75) is 26.3 Å². The zero-order valence-electron chi connectivity index (χ0n) is 15.5. The maximum atomic E-state index is 13.5. The van der Waals surface area contributed by atoms with Crippen LogP contribution >= 0.6 is 11.6 Å². The van der Waals surface area contributed by atoms with E-state index < -0.39 is 5.82 Å². The number of fused-ring (bicyclic) bond motifs is 2. The molecule has 0 amide bonds. The fourth-order valence-electron chi connectivity index (χ4n) is 4.02. The number of halogens is 2. The van der Waals surface area contributed by atoms with Crippen molar-refractivity contribution >= 4 is 22.6 Å². The van der Waals surface area contributed by atoms with Crippen LogP contribution in [0.25, 0.3) is 33.5 Å². The lowest BCUT2D eigenvalue weighted by Crippen LogP contribution is -2.27. The van der Waals surface area contributed by atoms with E-state index in [1.807, 2.05) is 17.7 Å². The summed E-state index contributed by atoms with van der Waals surface area (Å²) in [6.45, 7) is 3.36. The van der Waals surface area contributed by atoms with Gasteiger partial charge in [0.2, 0.25) is 5.88 Å². The van der Waals surface area contributed by atoms with Crippen LogP contribution in [0.5, 0.6) is 5.88 Å².